The standard InChI is InChI=1S/C6H11BIN3O2/c1-3-4(12)6(2-8,10-11-9)13-5(3)7/h3-5,12H,2,7H2,1H3. The molecule has 72 valence electrons. The Labute approximate surface area is 91.0 Å². The third-order valence-electron chi connectivity index (χ3n) is 2.50. The summed E-state index contributed by atoms with van der Waals surface area (Å²) in [5.41, 5.74) is 7.32. The van der Waals surface area contributed by atoms with Gasteiger partial charge in [-0.3, -0.25) is 0 Å². The molecule has 1 N–H and O–H groups in total. The normalized spacial score (nSPS) is 44.4. The van der Waals surface area contributed by atoms with E-state index in [1.807, 2.05) is 14.8 Å². The topological polar surface area (TPSA) is 78.2 Å². The third-order valence-corrected chi connectivity index (χ3v) is 3.59. The van der Waals surface area contributed by atoms with Crippen molar-refractivity contribution >= 4 is 30.4 Å². The van der Waals surface area contributed by atoms with E-state index in [1.54, 1.807) is 0 Å². The Balaban J connectivity index is 2.95. The third kappa shape index (κ3) is 1.78. The Hall–Kier alpha value is 0.0249. The number of nitrogens with zero attached hydrogens (tertiary/aromatic N) is 3. The summed E-state index contributed by atoms with van der Waals surface area (Å²) in [6.45, 7) is 1.89. The van der Waals surface area contributed by atoms with E-state index in [0.717, 1.165) is 0 Å². The monoisotopic (exact) mass is 295 g/mol. The number of rotatable bonds is 2. The molecule has 4 atom stereocenters. The molecule has 4 unspecified atom stereocenters. The van der Waals surface area contributed by atoms with Gasteiger partial charge in [0.05, 0.1) is 6.10 Å². The summed E-state index contributed by atoms with van der Waals surface area (Å²) in [6.07, 6.45) is -0.713. The fraction of sp³-hybridized carbons (Fsp3) is 1.00. The van der Waals surface area contributed by atoms with Gasteiger partial charge in [0, 0.05) is 21.3 Å². The van der Waals surface area contributed by atoms with E-state index in [9.17, 15) is 5.11 Å². The quantitative estimate of drug-likeness (QED) is 0.200. The van der Waals surface area contributed by atoms with Crippen LogP contribution in [0.25, 0.3) is 10.4 Å². The summed E-state index contributed by atoms with van der Waals surface area (Å²) in [7, 11) is 1.87. The summed E-state index contributed by atoms with van der Waals surface area (Å²) >= 11 is 2.05. The van der Waals surface area contributed by atoms with Crippen LogP contribution in [0.3, 0.4) is 0 Å². The van der Waals surface area contributed by atoms with E-state index >= 15 is 0 Å². The summed E-state index contributed by atoms with van der Waals surface area (Å²) in [4.78, 5) is 2.72. The van der Waals surface area contributed by atoms with Gasteiger partial charge in [0.2, 0.25) is 0 Å². The lowest BCUT2D eigenvalue weighted by Crippen LogP contribution is -2.40. The first kappa shape index (κ1) is 11.1. The van der Waals surface area contributed by atoms with Gasteiger partial charge in [0.25, 0.3) is 0 Å². The lowest BCUT2D eigenvalue weighted by molar-refractivity contribution is -0.0416. The van der Waals surface area contributed by atoms with Gasteiger partial charge in [0.15, 0.2) is 5.72 Å². The van der Waals surface area contributed by atoms with Crippen LogP contribution in [-0.4, -0.2) is 35.2 Å². The molecule has 1 aliphatic heterocycles. The zero-order valence-electron chi connectivity index (χ0n) is 7.51. The first-order valence-electron chi connectivity index (χ1n) is 4.05. The lowest BCUT2D eigenvalue weighted by Gasteiger charge is -2.24. The lowest BCUT2D eigenvalue weighted by atomic mass is 9.85. The molecule has 1 rings (SSSR count). The molecule has 0 radical (unpaired) electrons. The van der Waals surface area contributed by atoms with Crippen molar-refractivity contribution in [2.75, 3.05) is 4.43 Å². The summed E-state index contributed by atoms with van der Waals surface area (Å²) in [6, 6.07) is -0.0738. The minimum absolute atomic E-state index is 0.000246. The average molecular weight is 295 g/mol. The van der Waals surface area contributed by atoms with Crippen molar-refractivity contribution in [3.63, 3.8) is 0 Å². The Bertz CT molecular complexity index is 248. The van der Waals surface area contributed by atoms with Gasteiger partial charge in [-0.15, -0.1) is 0 Å². The van der Waals surface area contributed by atoms with Crippen molar-refractivity contribution in [3.05, 3.63) is 10.4 Å². The largest absolute Gasteiger partial charge is 0.390 e. The molecule has 1 saturated heterocycles. The number of hydrogen-bond donors (Lipinski definition) is 1. The Morgan fingerprint density at radius 2 is 2.46 bits per heavy atom. The van der Waals surface area contributed by atoms with Crippen molar-refractivity contribution in [2.45, 2.75) is 24.8 Å². The molecule has 1 heterocycles. The molecular formula is C6H11BIN3O2. The SMILES string of the molecule is BC1OC(CI)(N=[N+]=[N-])C(O)C1C. The molecule has 5 nitrogen and oxygen atoms in total. The van der Waals surface area contributed by atoms with Crippen molar-refractivity contribution in [2.24, 2.45) is 11.0 Å². The summed E-state index contributed by atoms with van der Waals surface area (Å²) < 4.78 is 5.95. The Kier molecular flexibility index (Phi) is 3.45. The highest BCUT2D eigenvalue weighted by Gasteiger charge is 2.49. The molecule has 13 heavy (non-hydrogen) atoms. The van der Waals surface area contributed by atoms with E-state index in [1.165, 1.54) is 0 Å². The van der Waals surface area contributed by atoms with Crippen molar-refractivity contribution in [3.8, 4) is 0 Å². The van der Waals surface area contributed by atoms with Gasteiger partial charge in [-0.1, -0.05) is 34.6 Å². The van der Waals surface area contributed by atoms with E-state index in [0.29, 0.717) is 4.43 Å². The van der Waals surface area contributed by atoms with Gasteiger partial charge < -0.3 is 9.84 Å². The van der Waals surface area contributed by atoms with E-state index < -0.39 is 11.8 Å². The van der Waals surface area contributed by atoms with Gasteiger partial charge in [0.1, 0.15) is 7.85 Å². The molecule has 0 amide bonds. The molecule has 0 aliphatic carbocycles. The van der Waals surface area contributed by atoms with E-state index in [2.05, 4.69) is 32.6 Å². The van der Waals surface area contributed by atoms with Crippen molar-refractivity contribution in [1.82, 2.24) is 0 Å². The fourth-order valence-corrected chi connectivity index (χ4v) is 2.25. The Morgan fingerprint density at radius 3 is 2.77 bits per heavy atom. The number of hydrogen-bond acceptors (Lipinski definition) is 3. The van der Waals surface area contributed by atoms with Crippen LogP contribution in [0.1, 0.15) is 6.92 Å². The second-order valence-corrected chi connectivity index (χ2v) is 4.06. The molecule has 1 aliphatic rings. The van der Waals surface area contributed by atoms with Gasteiger partial charge in [-0.05, 0) is 5.53 Å². The van der Waals surface area contributed by atoms with Crippen LogP contribution >= 0.6 is 22.6 Å². The molecule has 0 spiro atoms. The first-order chi connectivity index (χ1) is 6.07. The highest BCUT2D eigenvalue weighted by Crippen LogP contribution is 2.36. The molecular weight excluding hydrogens is 284 g/mol. The smallest absolute Gasteiger partial charge is 0.181 e. The maximum absolute atomic E-state index is 9.81. The zero-order valence-corrected chi connectivity index (χ0v) is 9.67. The molecule has 0 aromatic rings. The number of aliphatic hydroxyl groups is 1. The maximum Gasteiger partial charge on any atom is 0.181 e. The number of halogens is 1. The second kappa shape index (κ2) is 4.04. The average Bonchev–Trinajstić information content (AvgIpc) is 2.32. The molecule has 0 bridgehead atoms. The minimum atomic E-state index is -1.06. The number of ether oxygens (including phenoxy) is 1. The predicted octanol–water partition coefficient (Wildman–Crippen LogP) is 0.414. The predicted molar refractivity (Wildman–Crippen MR) is 59.4 cm³/mol. The molecule has 0 aromatic carbocycles. The van der Waals surface area contributed by atoms with Crippen LogP contribution in [0.2, 0.25) is 0 Å². The van der Waals surface area contributed by atoms with Crippen molar-refractivity contribution in [1.29, 1.82) is 0 Å². The maximum atomic E-state index is 9.81. The molecule has 0 saturated carbocycles. The van der Waals surface area contributed by atoms with Crippen LogP contribution < -0.4 is 0 Å². The van der Waals surface area contributed by atoms with Gasteiger partial charge in [-0.2, -0.15) is 0 Å². The number of azide groups is 1. The van der Waals surface area contributed by atoms with E-state index in [-0.39, 0.29) is 11.9 Å². The number of aliphatic hydroxyl groups excluding tert-OH is 1. The van der Waals surface area contributed by atoms with Crippen LogP contribution in [0.4, 0.5) is 0 Å². The second-order valence-electron chi connectivity index (χ2n) is 3.29. The Morgan fingerprint density at radius 1 is 1.85 bits per heavy atom. The summed E-state index contributed by atoms with van der Waals surface area (Å²) in [5.74, 6) is 0.000246. The fourth-order valence-electron chi connectivity index (χ4n) is 1.46. The van der Waals surface area contributed by atoms with Crippen LogP contribution in [-0.2, 0) is 4.74 Å². The van der Waals surface area contributed by atoms with Crippen molar-refractivity contribution < 1.29 is 9.84 Å². The van der Waals surface area contributed by atoms with Crippen LogP contribution in [0.5, 0.6) is 0 Å². The molecule has 1 fully saturated rings. The van der Waals surface area contributed by atoms with E-state index in [4.69, 9.17) is 10.3 Å². The molecule has 0 aromatic heterocycles. The minimum Gasteiger partial charge on any atom is -0.390 e. The van der Waals surface area contributed by atoms with Crippen LogP contribution in [0, 0.1) is 5.92 Å². The zero-order chi connectivity index (χ0) is 10.1. The highest BCUT2D eigenvalue weighted by molar-refractivity contribution is 14.1. The van der Waals surface area contributed by atoms with Gasteiger partial charge >= 0.3 is 0 Å². The molecule has 7 heteroatoms. The van der Waals surface area contributed by atoms with Gasteiger partial charge in [-0.25, -0.2) is 0 Å². The highest BCUT2D eigenvalue weighted by atomic mass is 127. The number of alkyl halides is 1. The first-order valence-corrected chi connectivity index (χ1v) is 5.58. The summed E-state index contributed by atoms with van der Waals surface area (Å²) in [5, 5.41) is 13.4. The van der Waals surface area contributed by atoms with Crippen LogP contribution in [0.15, 0.2) is 5.11 Å².